The Labute approximate surface area is 169 Å². The minimum Gasteiger partial charge on any atom is -0.378 e. The van der Waals surface area contributed by atoms with Gasteiger partial charge >= 0.3 is 0 Å². The van der Waals surface area contributed by atoms with Crippen LogP contribution < -0.4 is 15.8 Å². The van der Waals surface area contributed by atoms with E-state index in [0.717, 1.165) is 35.6 Å². The Morgan fingerprint density at radius 2 is 1.86 bits per heavy atom. The minimum absolute atomic E-state index is 0.238. The maximum absolute atomic E-state index is 12.2. The Balaban J connectivity index is 1.63. The van der Waals surface area contributed by atoms with Crippen LogP contribution in [-0.4, -0.2) is 46.2 Å². The number of H-pyrrole nitrogens is 1. The van der Waals surface area contributed by atoms with Crippen LogP contribution in [-0.2, 0) is 4.74 Å². The number of ether oxygens (including phenoxy) is 1. The average Bonchev–Trinajstić information content (AvgIpc) is 2.71. The van der Waals surface area contributed by atoms with Crippen molar-refractivity contribution in [3.05, 3.63) is 57.6 Å². The van der Waals surface area contributed by atoms with Gasteiger partial charge in [-0.25, -0.2) is 15.0 Å². The van der Waals surface area contributed by atoms with Crippen molar-refractivity contribution >= 4 is 17.6 Å². The molecule has 3 heterocycles. The molecule has 150 valence electrons. The van der Waals surface area contributed by atoms with E-state index in [1.165, 1.54) is 11.6 Å². The number of benzene rings is 1. The molecule has 1 saturated heterocycles. The van der Waals surface area contributed by atoms with E-state index in [1.54, 1.807) is 6.20 Å². The number of nitrogens with one attached hydrogen (secondary N) is 2. The standard InChI is InChI=1S/C21H24N6O2/c1-13-4-5-16(10-14(13)2)24-20-25-18(11-19(28)26-20)17-12-22-21(23-15(17)3)27-6-8-29-9-7-27/h4-5,10-12H,6-9H2,1-3H3,(H2,24,25,26,28). The number of nitrogens with zero attached hydrogens (tertiary/aromatic N) is 4. The second kappa shape index (κ2) is 8.00. The Bertz CT molecular complexity index is 1090. The molecule has 4 rings (SSSR count). The summed E-state index contributed by atoms with van der Waals surface area (Å²) in [6, 6.07) is 7.47. The first kappa shape index (κ1) is 19.1. The molecule has 8 heteroatoms. The van der Waals surface area contributed by atoms with Gasteiger partial charge in [-0.1, -0.05) is 6.07 Å². The number of rotatable bonds is 4. The van der Waals surface area contributed by atoms with Crippen molar-refractivity contribution in [3.8, 4) is 11.3 Å². The van der Waals surface area contributed by atoms with E-state index in [0.29, 0.717) is 30.8 Å². The van der Waals surface area contributed by atoms with E-state index < -0.39 is 0 Å². The van der Waals surface area contributed by atoms with E-state index in [4.69, 9.17) is 4.74 Å². The molecule has 2 N–H and O–H groups in total. The van der Waals surface area contributed by atoms with Crippen molar-refractivity contribution in [1.29, 1.82) is 0 Å². The number of hydrogen-bond donors (Lipinski definition) is 2. The van der Waals surface area contributed by atoms with Crippen LogP contribution in [0.15, 0.2) is 35.3 Å². The summed E-state index contributed by atoms with van der Waals surface area (Å²) in [5.74, 6) is 1.06. The smallest absolute Gasteiger partial charge is 0.252 e. The molecule has 1 aliphatic rings. The highest BCUT2D eigenvalue weighted by Gasteiger charge is 2.16. The van der Waals surface area contributed by atoms with Gasteiger partial charge in [0.15, 0.2) is 0 Å². The summed E-state index contributed by atoms with van der Waals surface area (Å²) in [5.41, 5.74) is 5.04. The third-order valence-corrected chi connectivity index (χ3v) is 5.05. The summed E-state index contributed by atoms with van der Waals surface area (Å²) >= 11 is 0. The van der Waals surface area contributed by atoms with Gasteiger partial charge in [0, 0.05) is 36.6 Å². The van der Waals surface area contributed by atoms with Crippen LogP contribution in [0.2, 0.25) is 0 Å². The van der Waals surface area contributed by atoms with Gasteiger partial charge in [-0.05, 0) is 44.0 Å². The molecule has 0 radical (unpaired) electrons. The van der Waals surface area contributed by atoms with Crippen molar-refractivity contribution in [2.75, 3.05) is 36.5 Å². The van der Waals surface area contributed by atoms with Crippen LogP contribution in [0.25, 0.3) is 11.3 Å². The fourth-order valence-electron chi connectivity index (χ4n) is 3.23. The minimum atomic E-state index is -0.238. The first-order valence-electron chi connectivity index (χ1n) is 9.62. The van der Waals surface area contributed by atoms with Gasteiger partial charge in [0.05, 0.1) is 24.6 Å². The second-order valence-corrected chi connectivity index (χ2v) is 7.17. The van der Waals surface area contributed by atoms with Gasteiger partial charge in [-0.15, -0.1) is 0 Å². The number of morpholine rings is 1. The van der Waals surface area contributed by atoms with Crippen LogP contribution in [0.5, 0.6) is 0 Å². The predicted molar refractivity (Wildman–Crippen MR) is 113 cm³/mol. The number of anilines is 3. The van der Waals surface area contributed by atoms with Crippen molar-refractivity contribution in [2.24, 2.45) is 0 Å². The van der Waals surface area contributed by atoms with E-state index in [2.05, 4.69) is 37.1 Å². The monoisotopic (exact) mass is 392 g/mol. The molecule has 1 aliphatic heterocycles. The molecule has 29 heavy (non-hydrogen) atoms. The molecule has 1 aromatic carbocycles. The molecule has 1 fully saturated rings. The molecular weight excluding hydrogens is 368 g/mol. The molecule has 0 atom stereocenters. The second-order valence-electron chi connectivity index (χ2n) is 7.17. The summed E-state index contributed by atoms with van der Waals surface area (Å²) in [4.78, 5) is 30.7. The maximum Gasteiger partial charge on any atom is 0.252 e. The molecular formula is C21H24N6O2. The van der Waals surface area contributed by atoms with Crippen molar-refractivity contribution in [1.82, 2.24) is 19.9 Å². The molecule has 8 nitrogen and oxygen atoms in total. The van der Waals surface area contributed by atoms with Gasteiger partial charge in [0.25, 0.3) is 5.56 Å². The summed E-state index contributed by atoms with van der Waals surface area (Å²) < 4.78 is 5.38. The Kier molecular flexibility index (Phi) is 5.26. The number of aromatic nitrogens is 4. The zero-order chi connectivity index (χ0) is 20.4. The third-order valence-electron chi connectivity index (χ3n) is 5.05. The van der Waals surface area contributed by atoms with Crippen LogP contribution in [0.3, 0.4) is 0 Å². The van der Waals surface area contributed by atoms with Crippen molar-refractivity contribution in [2.45, 2.75) is 20.8 Å². The van der Waals surface area contributed by atoms with E-state index in [1.807, 2.05) is 32.0 Å². The lowest BCUT2D eigenvalue weighted by Crippen LogP contribution is -2.37. The predicted octanol–water partition coefficient (Wildman–Crippen LogP) is 2.73. The van der Waals surface area contributed by atoms with E-state index in [-0.39, 0.29) is 5.56 Å². The van der Waals surface area contributed by atoms with Gasteiger partial charge < -0.3 is 15.0 Å². The molecule has 3 aromatic rings. The average molecular weight is 392 g/mol. The fourth-order valence-corrected chi connectivity index (χ4v) is 3.23. The first-order valence-corrected chi connectivity index (χ1v) is 9.62. The zero-order valence-corrected chi connectivity index (χ0v) is 16.8. The largest absolute Gasteiger partial charge is 0.378 e. The summed E-state index contributed by atoms with van der Waals surface area (Å²) in [6.07, 6.45) is 1.73. The highest BCUT2D eigenvalue weighted by atomic mass is 16.5. The highest BCUT2D eigenvalue weighted by Crippen LogP contribution is 2.23. The maximum atomic E-state index is 12.2. The lowest BCUT2D eigenvalue weighted by atomic mass is 10.1. The van der Waals surface area contributed by atoms with Gasteiger partial charge in [-0.2, -0.15) is 0 Å². The Morgan fingerprint density at radius 3 is 2.59 bits per heavy atom. The van der Waals surface area contributed by atoms with E-state index >= 15 is 0 Å². The number of aryl methyl sites for hydroxylation is 3. The lowest BCUT2D eigenvalue weighted by molar-refractivity contribution is 0.122. The van der Waals surface area contributed by atoms with Gasteiger partial charge in [-0.3, -0.25) is 9.78 Å². The number of hydrogen-bond acceptors (Lipinski definition) is 7. The van der Waals surface area contributed by atoms with Crippen LogP contribution >= 0.6 is 0 Å². The molecule has 0 amide bonds. The molecule has 0 aliphatic carbocycles. The number of aromatic amines is 1. The third kappa shape index (κ3) is 4.27. The molecule has 0 spiro atoms. The summed E-state index contributed by atoms with van der Waals surface area (Å²) in [6.45, 7) is 8.89. The highest BCUT2D eigenvalue weighted by molar-refractivity contribution is 5.64. The summed E-state index contributed by atoms with van der Waals surface area (Å²) in [5, 5.41) is 3.18. The molecule has 2 aromatic heterocycles. The lowest BCUT2D eigenvalue weighted by Gasteiger charge is -2.27. The fraction of sp³-hybridized carbons (Fsp3) is 0.333. The SMILES string of the molecule is Cc1ccc(Nc2nc(-c3cnc(N4CCOCC4)nc3C)cc(=O)[nH]2)cc1C. The summed E-state index contributed by atoms with van der Waals surface area (Å²) in [7, 11) is 0. The Hall–Kier alpha value is -3.26. The Morgan fingerprint density at radius 1 is 1.07 bits per heavy atom. The van der Waals surface area contributed by atoms with Crippen molar-refractivity contribution in [3.63, 3.8) is 0 Å². The molecule has 0 saturated carbocycles. The zero-order valence-electron chi connectivity index (χ0n) is 16.8. The molecule has 0 unspecified atom stereocenters. The topological polar surface area (TPSA) is 96.0 Å². The van der Waals surface area contributed by atoms with E-state index in [9.17, 15) is 4.79 Å². The van der Waals surface area contributed by atoms with Crippen LogP contribution in [0.1, 0.15) is 16.8 Å². The van der Waals surface area contributed by atoms with Gasteiger partial charge in [0.1, 0.15) is 0 Å². The van der Waals surface area contributed by atoms with Crippen molar-refractivity contribution < 1.29 is 4.74 Å². The van der Waals surface area contributed by atoms with Crippen LogP contribution in [0.4, 0.5) is 17.6 Å². The molecule has 0 bridgehead atoms. The normalized spacial score (nSPS) is 14.1. The quantitative estimate of drug-likeness (QED) is 0.705. The van der Waals surface area contributed by atoms with Gasteiger partial charge in [0.2, 0.25) is 11.9 Å². The first-order chi connectivity index (χ1) is 14.0. The van der Waals surface area contributed by atoms with Crippen LogP contribution in [0, 0.1) is 20.8 Å².